The molecule has 0 saturated carbocycles. The molecule has 5 heteroatoms. The van der Waals surface area contributed by atoms with E-state index in [1.54, 1.807) is 12.1 Å². The number of hydrogen-bond acceptors (Lipinski definition) is 3. The first-order valence-electron chi connectivity index (χ1n) is 11.7. The molecule has 2 radical (unpaired) electrons. The Morgan fingerprint density at radius 2 is 1.22 bits per heavy atom. The molecular weight excluding hydrogens is 444 g/mol. The van der Waals surface area contributed by atoms with Crippen LogP contribution in [0, 0.1) is 6.92 Å². The molecule has 1 aliphatic carbocycles. The summed E-state index contributed by atoms with van der Waals surface area (Å²) in [5, 5.41) is 3.34. The van der Waals surface area contributed by atoms with E-state index in [0.717, 1.165) is 45.7 Å². The fraction of sp³-hybridized carbons (Fsp3) is 0.0323. The van der Waals surface area contributed by atoms with E-state index in [1.807, 2.05) is 109 Å². The van der Waals surface area contributed by atoms with Crippen molar-refractivity contribution in [3.63, 3.8) is 0 Å². The topological polar surface area (TPSA) is 73.1 Å². The number of benzene rings is 4. The summed E-state index contributed by atoms with van der Waals surface area (Å²) in [7, 11) is 0. The average Bonchev–Trinajstić information content (AvgIpc) is 2.90. The Bertz CT molecular complexity index is 1310. The third-order valence-corrected chi connectivity index (χ3v) is 5.57. The molecular formula is C31H26N4O+2. The van der Waals surface area contributed by atoms with Gasteiger partial charge in [0.25, 0.3) is 11.4 Å². The van der Waals surface area contributed by atoms with Crippen molar-refractivity contribution >= 4 is 39.9 Å². The van der Waals surface area contributed by atoms with Crippen molar-refractivity contribution in [2.24, 2.45) is 0 Å². The molecule has 0 atom stereocenters. The van der Waals surface area contributed by atoms with Crippen LogP contribution >= 0.6 is 0 Å². The quantitative estimate of drug-likeness (QED) is 0.348. The molecule has 3 N–H and O–H groups in total. The highest BCUT2D eigenvalue weighted by atomic mass is 16.5. The number of rotatable bonds is 6. The predicted octanol–water partition coefficient (Wildman–Crippen LogP) is 5.83. The second-order valence-corrected chi connectivity index (χ2v) is 8.47. The van der Waals surface area contributed by atoms with Gasteiger partial charge in [0.1, 0.15) is 11.5 Å². The van der Waals surface area contributed by atoms with Crippen LogP contribution in [0.25, 0.3) is 0 Å². The zero-order chi connectivity index (χ0) is 24.7. The van der Waals surface area contributed by atoms with Crippen LogP contribution in [0.15, 0.2) is 121 Å². The second-order valence-electron chi connectivity index (χ2n) is 8.47. The number of hydrogen-bond donors (Lipinski definition) is 2. The Balaban J connectivity index is 1.19. The first-order valence-corrected chi connectivity index (χ1v) is 11.7. The number of allylic oxidation sites excluding steroid dienone is 4. The van der Waals surface area contributed by atoms with Crippen LogP contribution in [0.4, 0.5) is 28.4 Å². The van der Waals surface area contributed by atoms with Gasteiger partial charge in [0.15, 0.2) is 0 Å². The standard InChI is InChI=1S/C31H25N4O/c1-22-2-18-30(19-3-22)36-31-20-16-29(17-21-31)35-28-14-12-27(13-15-28)34-26-10-8-25(9-11-26)33-24-6-4-23(32)5-7-24/h2-21,32-33H,1H3/q+1/p+1. The summed E-state index contributed by atoms with van der Waals surface area (Å²) < 4.78 is 5.89. The Hall–Kier alpha value is -4.90. The highest BCUT2D eigenvalue weighted by Crippen LogP contribution is 2.23. The Labute approximate surface area is 211 Å². The van der Waals surface area contributed by atoms with Crippen molar-refractivity contribution in [3.05, 3.63) is 127 Å². The molecule has 4 aromatic carbocycles. The number of aliphatic imine (C=N–C) groups is 1. The number of ether oxygens (including phenoxy) is 1. The Kier molecular flexibility index (Phi) is 6.72. The van der Waals surface area contributed by atoms with Crippen LogP contribution in [0.3, 0.4) is 0 Å². The van der Waals surface area contributed by atoms with Gasteiger partial charge >= 0.3 is 0 Å². The molecule has 36 heavy (non-hydrogen) atoms. The van der Waals surface area contributed by atoms with E-state index < -0.39 is 0 Å². The van der Waals surface area contributed by atoms with Crippen molar-refractivity contribution < 1.29 is 9.73 Å². The molecule has 0 saturated heterocycles. The molecule has 5 nitrogen and oxygen atoms in total. The van der Waals surface area contributed by atoms with Gasteiger partial charge in [-0.2, -0.15) is 0 Å². The summed E-state index contributed by atoms with van der Waals surface area (Å²) in [5.41, 5.74) is 15.0. The van der Waals surface area contributed by atoms with Crippen LogP contribution in [0.2, 0.25) is 0 Å². The summed E-state index contributed by atoms with van der Waals surface area (Å²) in [6, 6.07) is 31.2. The molecule has 0 amide bonds. The summed E-state index contributed by atoms with van der Waals surface area (Å²) in [4.78, 5) is 8.12. The lowest BCUT2D eigenvalue weighted by Crippen LogP contribution is -2.65. The fourth-order valence-corrected chi connectivity index (χ4v) is 3.62. The summed E-state index contributed by atoms with van der Waals surface area (Å²) in [6.45, 7) is 2.06. The maximum absolute atomic E-state index is 7.58. The van der Waals surface area contributed by atoms with Gasteiger partial charge in [0.2, 0.25) is 11.4 Å². The summed E-state index contributed by atoms with van der Waals surface area (Å²) in [5.74, 6) is 1.60. The maximum Gasteiger partial charge on any atom is 0.278 e. The fourth-order valence-electron chi connectivity index (χ4n) is 3.62. The number of aryl methyl sites for hydroxylation is 1. The molecule has 4 aromatic rings. The largest absolute Gasteiger partial charge is 0.457 e. The molecule has 0 aliphatic heterocycles. The van der Waals surface area contributed by atoms with E-state index in [2.05, 4.69) is 17.2 Å². The van der Waals surface area contributed by atoms with Gasteiger partial charge in [-0.05, 0) is 67.6 Å². The molecule has 5 rings (SSSR count). The van der Waals surface area contributed by atoms with Crippen molar-refractivity contribution in [1.29, 1.82) is 0 Å². The minimum absolute atomic E-state index is 0.500. The van der Waals surface area contributed by atoms with Crippen LogP contribution < -0.4 is 25.8 Å². The van der Waals surface area contributed by atoms with Crippen molar-refractivity contribution in [2.45, 2.75) is 6.92 Å². The summed E-state index contributed by atoms with van der Waals surface area (Å²) in [6.07, 6.45) is 8.01. The highest BCUT2D eigenvalue weighted by molar-refractivity contribution is 6.16. The van der Waals surface area contributed by atoms with Crippen molar-refractivity contribution in [1.82, 2.24) is 10.7 Å². The van der Waals surface area contributed by atoms with E-state index in [4.69, 9.17) is 15.5 Å². The lowest BCUT2D eigenvalue weighted by atomic mass is 10.1. The Morgan fingerprint density at radius 3 is 1.83 bits per heavy atom. The van der Waals surface area contributed by atoms with Gasteiger partial charge in [-0.3, -0.25) is 0 Å². The smallest absolute Gasteiger partial charge is 0.278 e. The van der Waals surface area contributed by atoms with Crippen molar-refractivity contribution in [3.8, 4) is 11.5 Å². The van der Waals surface area contributed by atoms with E-state index in [9.17, 15) is 0 Å². The number of nitrogens with one attached hydrogen (secondary N) is 3. The van der Waals surface area contributed by atoms with Crippen LogP contribution in [-0.2, 0) is 0 Å². The van der Waals surface area contributed by atoms with Gasteiger partial charge in [-0.1, -0.05) is 17.7 Å². The van der Waals surface area contributed by atoms with Gasteiger partial charge in [-0.15, -0.1) is 0 Å². The number of nitrogens with zero attached hydrogens (tertiary/aromatic N) is 1. The first-order chi connectivity index (χ1) is 17.6. The van der Waals surface area contributed by atoms with Crippen LogP contribution in [0.5, 0.6) is 11.5 Å². The zero-order valence-corrected chi connectivity index (χ0v) is 19.9. The van der Waals surface area contributed by atoms with Crippen molar-refractivity contribution in [2.75, 3.05) is 5.32 Å². The van der Waals surface area contributed by atoms with Gasteiger partial charge in [0, 0.05) is 59.9 Å². The maximum atomic E-state index is 7.58. The second kappa shape index (κ2) is 10.6. The predicted molar refractivity (Wildman–Crippen MR) is 147 cm³/mol. The van der Waals surface area contributed by atoms with Crippen LogP contribution in [-0.4, -0.2) is 11.4 Å². The zero-order valence-electron chi connectivity index (χ0n) is 19.9. The molecule has 0 unspecified atom stereocenters. The SMILES string of the molecule is Cc1ccc(Oc2ccc([N+]=C3C=CC(=[NH+]c4ccc(Nc5ccc([NH])cc5)cc4)C=C3)cc2)cc1. The molecule has 0 bridgehead atoms. The molecule has 0 fully saturated rings. The minimum Gasteiger partial charge on any atom is -0.457 e. The van der Waals surface area contributed by atoms with E-state index in [-0.39, 0.29) is 0 Å². The normalized spacial score (nSPS) is 12.4. The van der Waals surface area contributed by atoms with E-state index >= 15 is 0 Å². The molecule has 0 spiro atoms. The van der Waals surface area contributed by atoms with E-state index in [0.29, 0.717) is 5.69 Å². The number of anilines is 2. The molecule has 1 aliphatic rings. The van der Waals surface area contributed by atoms with E-state index in [1.165, 1.54) is 5.56 Å². The molecule has 0 heterocycles. The average molecular weight is 471 g/mol. The van der Waals surface area contributed by atoms with Gasteiger partial charge in [0.05, 0.1) is 10.7 Å². The molecule has 0 aromatic heterocycles. The minimum atomic E-state index is 0.500. The Morgan fingerprint density at radius 1 is 0.667 bits per heavy atom. The first kappa shape index (κ1) is 22.9. The third kappa shape index (κ3) is 6.15. The monoisotopic (exact) mass is 470 g/mol. The van der Waals surface area contributed by atoms with Gasteiger partial charge in [-0.25, -0.2) is 4.99 Å². The highest BCUT2D eigenvalue weighted by Gasteiger charge is 2.13. The lowest BCUT2D eigenvalue weighted by molar-refractivity contribution is -0.351. The third-order valence-electron chi connectivity index (χ3n) is 5.57. The van der Waals surface area contributed by atoms with Gasteiger partial charge < -0.3 is 15.8 Å². The molecule has 174 valence electrons. The van der Waals surface area contributed by atoms with Crippen LogP contribution in [0.1, 0.15) is 5.56 Å². The summed E-state index contributed by atoms with van der Waals surface area (Å²) >= 11 is 0. The lowest BCUT2D eigenvalue weighted by Gasteiger charge is -2.05.